The van der Waals surface area contributed by atoms with Crippen LogP contribution in [0.2, 0.25) is 0 Å². The number of carbonyl (C=O) groups is 3. The highest BCUT2D eigenvalue weighted by Crippen LogP contribution is 2.48. The molecule has 0 aromatic heterocycles. The second-order valence-electron chi connectivity index (χ2n) is 12.2. The van der Waals surface area contributed by atoms with E-state index in [0.29, 0.717) is 30.6 Å². The fourth-order valence-electron chi connectivity index (χ4n) is 6.28. The third-order valence-electron chi connectivity index (χ3n) is 9.00. The summed E-state index contributed by atoms with van der Waals surface area (Å²) in [6, 6.07) is 14.7. The fraction of sp³-hybridized carbons (Fsp3) is 0.343. The first-order chi connectivity index (χ1) is 23.5. The summed E-state index contributed by atoms with van der Waals surface area (Å²) in [5.41, 5.74) is 1.85. The van der Waals surface area contributed by atoms with Gasteiger partial charge in [-0.05, 0) is 53.8 Å². The average molecular weight is 677 g/mol. The van der Waals surface area contributed by atoms with Gasteiger partial charge in [0.2, 0.25) is 6.29 Å². The van der Waals surface area contributed by atoms with Crippen molar-refractivity contribution >= 4 is 29.5 Å². The van der Waals surface area contributed by atoms with E-state index in [1.165, 1.54) is 41.3 Å². The number of phenols is 2. The Morgan fingerprint density at radius 3 is 2.33 bits per heavy atom. The predicted octanol–water partition coefficient (Wildman–Crippen LogP) is 0.962. The van der Waals surface area contributed by atoms with Crippen molar-refractivity contribution in [2.75, 3.05) is 24.6 Å². The number of carboxylic acids is 1. The van der Waals surface area contributed by atoms with Crippen LogP contribution >= 0.6 is 0 Å². The van der Waals surface area contributed by atoms with Gasteiger partial charge in [0, 0.05) is 31.1 Å². The molecule has 0 saturated carbocycles. The van der Waals surface area contributed by atoms with Gasteiger partial charge in [-0.1, -0.05) is 36.4 Å². The number of hydrogen-bond acceptors (Lipinski definition) is 11. The van der Waals surface area contributed by atoms with Crippen LogP contribution in [0.4, 0.5) is 5.69 Å². The molecule has 3 aliphatic rings. The minimum atomic E-state index is -1.80. The number of phenolic OH excluding ortho intramolecular Hbond substituents is 2. The average Bonchev–Trinajstić information content (AvgIpc) is 3.90. The lowest BCUT2D eigenvalue weighted by molar-refractivity contribution is -0.277. The molecule has 6 rings (SSSR count). The van der Waals surface area contributed by atoms with Crippen LogP contribution in [0.15, 0.2) is 66.7 Å². The van der Waals surface area contributed by atoms with E-state index >= 15 is 0 Å². The molecular formula is C35H36N2O12. The van der Waals surface area contributed by atoms with Crippen LogP contribution in [0.1, 0.15) is 39.4 Å². The number of nitrogens with zero attached hydrogens (tertiary/aromatic N) is 2. The zero-order chi connectivity index (χ0) is 35.0. The van der Waals surface area contributed by atoms with Crippen LogP contribution in [0.5, 0.6) is 17.2 Å². The molecule has 14 heteroatoms. The summed E-state index contributed by atoms with van der Waals surface area (Å²) >= 11 is 0. The SMILES string of the molecule is O=C(O)[C@H]1[C@H](CCc2ccccc2)c2cc(O)c(O[C@H]3O[C@H](CO)[C@@H](O)[C@H](O)[C@H]3O)cc2N1C(=O)C=Cc1ccc(O)c(C(=O)N2CC2)c1. The quantitative estimate of drug-likeness (QED) is 0.118. The lowest BCUT2D eigenvalue weighted by atomic mass is 9.88. The molecule has 49 heavy (non-hydrogen) atoms. The number of carbonyl (C=O) groups excluding carboxylic acids is 2. The van der Waals surface area contributed by atoms with Crippen LogP contribution in [0.3, 0.4) is 0 Å². The van der Waals surface area contributed by atoms with Crippen molar-refractivity contribution in [3.05, 3.63) is 89.0 Å². The molecule has 0 unspecified atom stereocenters. The number of aliphatic carboxylic acids is 1. The number of carboxylic acid groups (broad SMARTS) is 1. The molecular weight excluding hydrogens is 640 g/mol. The summed E-state index contributed by atoms with van der Waals surface area (Å²) in [4.78, 5) is 41.9. The topological polar surface area (TPSA) is 218 Å². The molecule has 2 amide bonds. The van der Waals surface area contributed by atoms with Gasteiger partial charge in [-0.3, -0.25) is 14.5 Å². The summed E-state index contributed by atoms with van der Waals surface area (Å²) in [5, 5.41) is 72.2. The van der Waals surface area contributed by atoms with Crippen LogP contribution in [-0.2, 0) is 20.7 Å². The first kappa shape index (κ1) is 33.9. The number of benzene rings is 3. The van der Waals surface area contributed by atoms with Crippen LogP contribution in [-0.4, -0.2) is 115 Å². The molecule has 14 nitrogen and oxygen atoms in total. The zero-order valence-electron chi connectivity index (χ0n) is 26.1. The van der Waals surface area contributed by atoms with Gasteiger partial charge in [0.1, 0.15) is 36.2 Å². The van der Waals surface area contributed by atoms with Gasteiger partial charge in [0.25, 0.3) is 11.8 Å². The molecule has 0 aliphatic carbocycles. The number of hydrogen-bond donors (Lipinski definition) is 7. The van der Waals surface area contributed by atoms with E-state index in [-0.39, 0.29) is 35.1 Å². The largest absolute Gasteiger partial charge is 0.507 e. The smallest absolute Gasteiger partial charge is 0.327 e. The number of fused-ring (bicyclic) bond motifs is 1. The van der Waals surface area contributed by atoms with Crippen LogP contribution in [0.25, 0.3) is 6.08 Å². The highest BCUT2D eigenvalue weighted by Gasteiger charge is 2.48. The Morgan fingerprint density at radius 2 is 1.65 bits per heavy atom. The number of anilines is 1. The van der Waals surface area contributed by atoms with Gasteiger partial charge >= 0.3 is 5.97 Å². The van der Waals surface area contributed by atoms with E-state index in [1.54, 1.807) is 0 Å². The highest BCUT2D eigenvalue weighted by atomic mass is 16.7. The van der Waals surface area contributed by atoms with Crippen molar-refractivity contribution in [1.29, 1.82) is 0 Å². The van der Waals surface area contributed by atoms with E-state index in [4.69, 9.17) is 9.47 Å². The van der Waals surface area contributed by atoms with E-state index in [2.05, 4.69) is 0 Å². The molecule has 2 saturated heterocycles. The summed E-state index contributed by atoms with van der Waals surface area (Å²) in [7, 11) is 0. The van der Waals surface area contributed by atoms with Crippen molar-refractivity contribution < 1.29 is 59.6 Å². The molecule has 3 heterocycles. The minimum absolute atomic E-state index is 0.0634. The lowest BCUT2D eigenvalue weighted by Crippen LogP contribution is -2.60. The molecule has 7 N–H and O–H groups in total. The Kier molecular flexibility index (Phi) is 9.59. The Bertz CT molecular complexity index is 1760. The maximum atomic E-state index is 13.9. The Hall–Kier alpha value is -4.99. The lowest BCUT2D eigenvalue weighted by Gasteiger charge is -2.39. The monoisotopic (exact) mass is 676 g/mol. The Balaban J connectivity index is 1.35. The number of amides is 2. The second-order valence-corrected chi connectivity index (χ2v) is 12.2. The molecule has 2 fully saturated rings. The normalized spacial score (nSPS) is 26.1. The highest BCUT2D eigenvalue weighted by molar-refractivity contribution is 6.10. The molecule has 0 spiro atoms. The van der Waals surface area contributed by atoms with Crippen molar-refractivity contribution in [2.45, 2.75) is 55.5 Å². The van der Waals surface area contributed by atoms with Crippen LogP contribution < -0.4 is 9.64 Å². The molecule has 0 bridgehead atoms. The number of aromatic hydroxyl groups is 2. The number of rotatable bonds is 10. The number of aliphatic hydroxyl groups is 4. The fourth-order valence-corrected chi connectivity index (χ4v) is 6.28. The summed E-state index contributed by atoms with van der Waals surface area (Å²) in [5.74, 6) is -4.19. The van der Waals surface area contributed by atoms with E-state index < -0.39 is 66.9 Å². The minimum Gasteiger partial charge on any atom is -0.507 e. The standard InChI is InChI=1S/C35H36N2O12/c38-17-27-30(42)31(43)32(44)35(49-27)48-26-16-23-21(15-25(26)40)20(9-6-18-4-2-1-3-5-18)29(34(46)47)37(23)28(41)11-8-19-7-10-24(39)22(14-19)33(45)36-12-13-36/h1-5,7-8,10-11,14-16,20,27,29-32,35,38-40,42-44H,6,9,12-13,17H2,(H,46,47)/t20-,27-,29-,30-,31+,32-,35+/m1/s1. The maximum Gasteiger partial charge on any atom is 0.327 e. The maximum absolute atomic E-state index is 13.9. The number of aliphatic hydroxyl groups excluding tert-OH is 4. The first-order valence-corrected chi connectivity index (χ1v) is 15.7. The van der Waals surface area contributed by atoms with E-state index in [1.807, 2.05) is 30.3 Å². The predicted molar refractivity (Wildman–Crippen MR) is 172 cm³/mol. The molecule has 3 aromatic rings. The Labute approximate surface area is 280 Å². The number of aryl methyl sites for hydroxylation is 1. The molecule has 3 aliphatic heterocycles. The van der Waals surface area contributed by atoms with E-state index in [0.717, 1.165) is 16.5 Å². The van der Waals surface area contributed by atoms with Gasteiger partial charge in [0.05, 0.1) is 17.9 Å². The van der Waals surface area contributed by atoms with Gasteiger partial charge in [-0.2, -0.15) is 0 Å². The molecule has 0 radical (unpaired) electrons. The number of ether oxygens (including phenoxy) is 2. The third-order valence-corrected chi connectivity index (χ3v) is 9.00. The zero-order valence-corrected chi connectivity index (χ0v) is 26.1. The second kappa shape index (κ2) is 13.9. The molecule has 3 aromatic carbocycles. The van der Waals surface area contributed by atoms with Crippen molar-refractivity contribution in [1.82, 2.24) is 4.90 Å². The first-order valence-electron chi connectivity index (χ1n) is 15.7. The summed E-state index contributed by atoms with van der Waals surface area (Å²) < 4.78 is 11.1. The summed E-state index contributed by atoms with van der Waals surface area (Å²) in [6.07, 6.45) is -4.88. The van der Waals surface area contributed by atoms with Crippen molar-refractivity contribution in [3.63, 3.8) is 0 Å². The van der Waals surface area contributed by atoms with E-state index in [9.17, 15) is 50.1 Å². The van der Waals surface area contributed by atoms with Gasteiger partial charge in [-0.15, -0.1) is 0 Å². The van der Waals surface area contributed by atoms with Gasteiger partial charge in [0.15, 0.2) is 11.5 Å². The van der Waals surface area contributed by atoms with Crippen LogP contribution in [0, 0.1) is 0 Å². The molecule has 258 valence electrons. The van der Waals surface area contributed by atoms with Gasteiger partial charge < -0.3 is 50.1 Å². The van der Waals surface area contributed by atoms with Crippen molar-refractivity contribution in [2.24, 2.45) is 0 Å². The van der Waals surface area contributed by atoms with Crippen molar-refractivity contribution in [3.8, 4) is 17.2 Å². The molecule has 7 atom stereocenters. The third kappa shape index (κ3) is 6.82. The Morgan fingerprint density at radius 1 is 0.918 bits per heavy atom. The summed E-state index contributed by atoms with van der Waals surface area (Å²) in [6.45, 7) is 0.434. The van der Waals surface area contributed by atoms with Gasteiger partial charge in [-0.25, -0.2) is 4.79 Å².